The van der Waals surface area contributed by atoms with Gasteiger partial charge in [-0.2, -0.15) is 0 Å². The highest BCUT2D eigenvalue weighted by atomic mass is 16.6. The van der Waals surface area contributed by atoms with Crippen LogP contribution in [0, 0.1) is 0 Å². The van der Waals surface area contributed by atoms with Crippen LogP contribution in [0.4, 0.5) is 0 Å². The van der Waals surface area contributed by atoms with Crippen molar-refractivity contribution in [2.75, 3.05) is 19.8 Å². The summed E-state index contributed by atoms with van der Waals surface area (Å²) in [6, 6.07) is 23.6. The second-order valence-corrected chi connectivity index (χ2v) is 26.0. The van der Waals surface area contributed by atoms with Gasteiger partial charge in [-0.15, -0.1) is 0 Å². The van der Waals surface area contributed by atoms with E-state index in [0.717, 1.165) is 156 Å². The highest BCUT2D eigenvalue weighted by Gasteiger charge is 2.27. The lowest BCUT2D eigenvalue weighted by Crippen LogP contribution is -2.39. The number of hydrogen-bond donors (Lipinski definition) is 3. The van der Waals surface area contributed by atoms with Crippen LogP contribution < -0.4 is 30.2 Å². The highest BCUT2D eigenvalue weighted by molar-refractivity contribution is 5.93. The van der Waals surface area contributed by atoms with Gasteiger partial charge in [0.15, 0.2) is 0 Å². The number of rotatable bonds is 39. The Labute approximate surface area is 576 Å². The summed E-state index contributed by atoms with van der Waals surface area (Å²) in [7, 11) is 0. The first-order valence-corrected chi connectivity index (χ1v) is 36.2. The minimum absolute atomic E-state index is 0.0931. The number of carbonyl (C=O) groups excluding carboxylic acids is 6. The second kappa shape index (κ2) is 48.9. The van der Waals surface area contributed by atoms with Crippen LogP contribution in [0.1, 0.15) is 251 Å². The summed E-state index contributed by atoms with van der Waals surface area (Å²) in [4.78, 5) is 71.5. The first-order chi connectivity index (χ1) is 46.4. The molecule has 528 valence electrons. The van der Waals surface area contributed by atoms with Gasteiger partial charge in [0.2, 0.25) is 17.7 Å². The molecule has 0 heterocycles. The van der Waals surface area contributed by atoms with Gasteiger partial charge < -0.3 is 44.4 Å². The van der Waals surface area contributed by atoms with E-state index in [0.29, 0.717) is 16.7 Å². The Morgan fingerprint density at radius 3 is 0.812 bits per heavy atom. The Morgan fingerprint density at radius 1 is 0.344 bits per heavy atom. The maximum absolute atomic E-state index is 12.2. The lowest BCUT2D eigenvalue weighted by molar-refractivity contribution is -0.145. The van der Waals surface area contributed by atoms with Crippen molar-refractivity contribution in [3.63, 3.8) is 0 Å². The van der Waals surface area contributed by atoms with Gasteiger partial charge in [0.25, 0.3) is 0 Å². The molecule has 3 N–H and O–H groups in total. The standard InChI is InChI=1S/C31H47NO4.C27H39NO4.C23H31NO4/c1-4-5-6-7-8-9-10-11-12-13-24-35-28-19-14-26(15-20-28)16-23-30(33)36-29-21-17-27(18-22-29)32-31(34)25(2)3;1-4-5-6-7-8-9-20-31-24-15-10-22(11-16-24)12-19-26(29)32-25-17-13-23(14-18-25)28-27(30)21(2)3;1-4-5-16-27-20-11-6-18(7-12-20)8-15-22(25)28-21-13-9-19(10-14-21)24-23(26)17(2)3/h14-16,19-20,23,27,29H,2,4-13,17-18,21-22,24H2,1,3H3,(H,32,34);10-12,15-16,19,23,25H,2,4-9,13-14,17-18,20H2,1,3H3,(H,28,30);6-8,11-12,15,19,21H,2,4-5,9-10,13-14,16H2,1,3H3,(H,24,26)/b23-16+;19-12+;15-8+. The number of carbonyl (C=O) groups is 6. The molecule has 3 aromatic carbocycles. The topological polar surface area (TPSA) is 194 Å². The number of unbranched alkanes of at least 4 members (excludes halogenated alkanes) is 15. The van der Waals surface area contributed by atoms with Gasteiger partial charge in [-0.1, -0.05) is 173 Å². The van der Waals surface area contributed by atoms with E-state index in [1.807, 2.05) is 72.8 Å². The molecule has 3 saturated carbocycles. The van der Waals surface area contributed by atoms with Crippen LogP contribution in [0.25, 0.3) is 18.2 Å². The molecule has 6 rings (SSSR count). The van der Waals surface area contributed by atoms with Crippen molar-refractivity contribution < 1.29 is 57.2 Å². The molecule has 0 unspecified atom stereocenters. The molecule has 0 spiro atoms. The minimum atomic E-state index is -0.335. The van der Waals surface area contributed by atoms with Crippen molar-refractivity contribution in [1.82, 2.24) is 16.0 Å². The summed E-state index contributed by atoms with van der Waals surface area (Å²) in [5.41, 5.74) is 4.33. The zero-order valence-electron chi connectivity index (χ0n) is 59.2. The summed E-state index contributed by atoms with van der Waals surface area (Å²) in [5, 5.41) is 8.90. The Bertz CT molecular complexity index is 2850. The van der Waals surface area contributed by atoms with Gasteiger partial charge in [0.1, 0.15) is 35.6 Å². The van der Waals surface area contributed by atoms with Gasteiger partial charge in [-0.05, 0) is 188 Å². The molecule has 0 bridgehead atoms. The van der Waals surface area contributed by atoms with Gasteiger partial charge in [-0.3, -0.25) is 14.4 Å². The van der Waals surface area contributed by atoms with E-state index in [1.165, 1.54) is 108 Å². The molecule has 15 nitrogen and oxygen atoms in total. The maximum Gasteiger partial charge on any atom is 0.331 e. The SMILES string of the molecule is C=C(C)C(=O)NC1CCC(OC(=O)/C=C/c2ccc(OCCCC)cc2)CC1.C=C(C)C(=O)NC1CCC(OC(=O)/C=C/c2ccc(OCCCCCCCC)cc2)CC1.C=C(C)C(=O)NC1CCC(OC(=O)/C=C/c2ccc(OCCCCCCCCCCCC)cc2)CC1. The third kappa shape index (κ3) is 37.0. The van der Waals surface area contributed by atoms with Crippen LogP contribution >= 0.6 is 0 Å². The van der Waals surface area contributed by atoms with Crippen LogP contribution in [-0.4, -0.2) is 91.9 Å². The molecule has 3 aliphatic rings. The Morgan fingerprint density at radius 2 is 0.573 bits per heavy atom. The number of amides is 3. The molecule has 96 heavy (non-hydrogen) atoms. The molecule has 3 aliphatic carbocycles. The van der Waals surface area contributed by atoms with Crippen LogP contribution in [0.5, 0.6) is 17.2 Å². The smallest absolute Gasteiger partial charge is 0.331 e. The third-order valence-electron chi connectivity index (χ3n) is 17.2. The zero-order valence-corrected chi connectivity index (χ0v) is 59.2. The number of nitrogens with one attached hydrogen (secondary N) is 3. The van der Waals surface area contributed by atoms with Crippen molar-refractivity contribution in [2.24, 2.45) is 0 Å². The number of benzene rings is 3. The predicted octanol–water partition coefficient (Wildman–Crippen LogP) is 18.0. The summed E-state index contributed by atoms with van der Waals surface area (Å²) in [6.45, 7) is 24.9. The van der Waals surface area contributed by atoms with Crippen LogP contribution in [0.2, 0.25) is 0 Å². The fraction of sp³-hybridized carbons (Fsp3) is 0.556. The zero-order chi connectivity index (χ0) is 69.6. The van der Waals surface area contributed by atoms with Crippen molar-refractivity contribution >= 4 is 53.9 Å². The van der Waals surface area contributed by atoms with Crippen LogP contribution in [0.3, 0.4) is 0 Å². The van der Waals surface area contributed by atoms with E-state index in [2.05, 4.69) is 56.5 Å². The first-order valence-electron chi connectivity index (χ1n) is 36.2. The molecule has 3 amide bonds. The monoisotopic (exact) mass is 1320 g/mol. The summed E-state index contributed by atoms with van der Waals surface area (Å²) in [6.07, 6.45) is 41.6. The quantitative estimate of drug-likeness (QED) is 0.0212. The van der Waals surface area contributed by atoms with E-state index < -0.39 is 0 Å². The second-order valence-electron chi connectivity index (χ2n) is 26.0. The lowest BCUT2D eigenvalue weighted by atomic mass is 9.92. The molecule has 0 radical (unpaired) electrons. The van der Waals surface area contributed by atoms with E-state index in [9.17, 15) is 28.8 Å². The molecule has 0 aliphatic heterocycles. The Balaban J connectivity index is 0.000000309. The normalized spacial score (nSPS) is 18.3. The van der Waals surface area contributed by atoms with Crippen LogP contribution in [0.15, 0.2) is 127 Å². The first kappa shape index (κ1) is 80.8. The number of ether oxygens (including phenoxy) is 6. The molecule has 0 saturated heterocycles. The molecular weight excluding hydrogens is 1210 g/mol. The fourth-order valence-electron chi connectivity index (χ4n) is 11.2. The van der Waals surface area contributed by atoms with E-state index in [1.54, 1.807) is 39.0 Å². The van der Waals surface area contributed by atoms with Crippen molar-refractivity contribution in [1.29, 1.82) is 0 Å². The average molecular weight is 1320 g/mol. The number of hydrogen-bond acceptors (Lipinski definition) is 12. The molecular formula is C81H117N3O12. The Hall–Kier alpha value is -7.68. The van der Waals surface area contributed by atoms with Crippen molar-refractivity contribution in [3.8, 4) is 17.2 Å². The van der Waals surface area contributed by atoms with Crippen LogP contribution in [-0.2, 0) is 43.0 Å². The van der Waals surface area contributed by atoms with Crippen molar-refractivity contribution in [2.45, 2.75) is 271 Å². The number of esters is 3. The predicted molar refractivity (Wildman–Crippen MR) is 388 cm³/mol. The van der Waals surface area contributed by atoms with Gasteiger partial charge in [-0.25, -0.2) is 14.4 Å². The van der Waals surface area contributed by atoms with Crippen molar-refractivity contribution in [3.05, 3.63) is 144 Å². The highest BCUT2D eigenvalue weighted by Crippen LogP contribution is 2.26. The molecule has 3 fully saturated rings. The summed E-state index contributed by atoms with van der Waals surface area (Å²) >= 11 is 0. The molecule has 0 aromatic heterocycles. The maximum atomic E-state index is 12.2. The molecule has 0 atom stereocenters. The van der Waals surface area contributed by atoms with E-state index in [-0.39, 0.29) is 72.1 Å². The van der Waals surface area contributed by atoms with Gasteiger partial charge in [0, 0.05) is 53.1 Å². The van der Waals surface area contributed by atoms with E-state index >= 15 is 0 Å². The largest absolute Gasteiger partial charge is 0.494 e. The fourth-order valence-corrected chi connectivity index (χ4v) is 11.2. The van der Waals surface area contributed by atoms with Gasteiger partial charge in [0.05, 0.1) is 19.8 Å². The molecule has 3 aromatic rings. The minimum Gasteiger partial charge on any atom is -0.494 e. The summed E-state index contributed by atoms with van der Waals surface area (Å²) < 4.78 is 33.9. The van der Waals surface area contributed by atoms with E-state index in [4.69, 9.17) is 28.4 Å². The lowest BCUT2D eigenvalue weighted by Gasteiger charge is -2.28. The third-order valence-corrected chi connectivity index (χ3v) is 17.2. The molecule has 15 heteroatoms. The van der Waals surface area contributed by atoms with Gasteiger partial charge >= 0.3 is 17.9 Å². The summed E-state index contributed by atoms with van der Waals surface area (Å²) in [5.74, 6) is 1.25. The average Bonchev–Trinajstić information content (AvgIpc) is 2.12. The Kier molecular flexibility index (Phi) is 41.2.